The van der Waals surface area contributed by atoms with E-state index in [0.717, 1.165) is 11.4 Å². The van der Waals surface area contributed by atoms with Crippen molar-refractivity contribution in [3.63, 3.8) is 0 Å². The Kier molecular flexibility index (Phi) is 9.04. The normalized spacial score (nSPS) is 11.8. The number of hydrogen-bond acceptors (Lipinski definition) is 12. The lowest BCUT2D eigenvalue weighted by atomic mass is 10.1. The summed E-state index contributed by atoms with van der Waals surface area (Å²) in [6, 6.07) is 5.45. The van der Waals surface area contributed by atoms with Gasteiger partial charge in [-0.25, -0.2) is 19.4 Å². The SMILES string of the molecule is CC(C)n1nncc1CNC(=O)CCC(NC(=O)c1ccc(N(C)Cc2cnc3nc(N)nc(N)c3n2)cc1)C(=O)O. The molecule has 3 aromatic heterocycles. The van der Waals surface area contributed by atoms with E-state index in [1.165, 1.54) is 0 Å². The Labute approximate surface area is 240 Å². The molecule has 1 aromatic carbocycles. The number of fused-ring (bicyclic) bond motifs is 1. The Bertz CT molecular complexity index is 1590. The summed E-state index contributed by atoms with van der Waals surface area (Å²) < 4.78 is 1.68. The fraction of sp³-hybridized carbons (Fsp3) is 0.346. The Morgan fingerprint density at radius 1 is 1.07 bits per heavy atom. The molecule has 0 aliphatic carbocycles. The number of carbonyl (C=O) groups is 3. The lowest BCUT2D eigenvalue weighted by Crippen LogP contribution is -2.41. The number of rotatable bonds is 12. The third-order valence-electron chi connectivity index (χ3n) is 6.34. The minimum Gasteiger partial charge on any atom is -0.480 e. The van der Waals surface area contributed by atoms with E-state index >= 15 is 0 Å². The molecular formula is C26H32N12O4. The second-order valence-corrected chi connectivity index (χ2v) is 9.85. The summed E-state index contributed by atoms with van der Waals surface area (Å²) in [5, 5.41) is 22.6. The number of nitrogens with one attached hydrogen (secondary N) is 2. The second-order valence-electron chi connectivity index (χ2n) is 9.85. The second kappa shape index (κ2) is 12.8. The molecule has 42 heavy (non-hydrogen) atoms. The molecule has 2 amide bonds. The highest BCUT2D eigenvalue weighted by molar-refractivity contribution is 5.97. The lowest BCUT2D eigenvalue weighted by Gasteiger charge is -2.19. The van der Waals surface area contributed by atoms with Crippen LogP contribution in [0, 0.1) is 0 Å². The highest BCUT2D eigenvalue weighted by Gasteiger charge is 2.22. The molecule has 0 radical (unpaired) electrons. The van der Waals surface area contributed by atoms with Crippen molar-refractivity contribution in [1.29, 1.82) is 0 Å². The molecule has 1 unspecified atom stereocenters. The molecule has 3 heterocycles. The number of nitrogen functional groups attached to an aromatic ring is 2. The maximum absolute atomic E-state index is 12.8. The molecule has 0 saturated carbocycles. The van der Waals surface area contributed by atoms with Gasteiger partial charge in [-0.1, -0.05) is 5.21 Å². The van der Waals surface area contributed by atoms with Gasteiger partial charge >= 0.3 is 5.97 Å². The van der Waals surface area contributed by atoms with Crippen molar-refractivity contribution in [1.82, 2.24) is 45.6 Å². The van der Waals surface area contributed by atoms with E-state index in [4.69, 9.17) is 11.5 Å². The summed E-state index contributed by atoms with van der Waals surface area (Å²) in [6.07, 6.45) is 2.96. The van der Waals surface area contributed by atoms with Crippen LogP contribution in [0.4, 0.5) is 17.5 Å². The lowest BCUT2D eigenvalue weighted by molar-refractivity contribution is -0.139. The van der Waals surface area contributed by atoms with Crippen molar-refractivity contribution in [3.8, 4) is 0 Å². The topological polar surface area (TPSA) is 233 Å². The quantitative estimate of drug-likeness (QED) is 0.156. The standard InChI is InChI=1S/C26H32N12O4/c1-14(2)38-18(12-31-36-38)11-29-20(39)9-8-19(25(41)42)33-24(40)15-4-6-17(7-5-15)37(3)13-16-10-30-23-21(32-16)22(27)34-26(28)35-23/h4-7,10,12,14,19H,8-9,11,13H2,1-3H3,(H,29,39)(H,33,40)(H,41,42)(H4,27,28,30,34,35). The number of nitrogens with zero attached hydrogens (tertiary/aromatic N) is 8. The Morgan fingerprint density at radius 2 is 1.81 bits per heavy atom. The molecule has 0 aliphatic rings. The van der Waals surface area contributed by atoms with Crippen LogP contribution in [-0.4, -0.2) is 70.9 Å². The number of carboxylic acid groups (broad SMARTS) is 1. The molecule has 16 nitrogen and oxygen atoms in total. The summed E-state index contributed by atoms with van der Waals surface area (Å²) in [6.45, 7) is 4.47. The molecule has 0 bridgehead atoms. The van der Waals surface area contributed by atoms with Crippen LogP contribution in [0.2, 0.25) is 0 Å². The first-order valence-electron chi connectivity index (χ1n) is 13.1. The first-order valence-corrected chi connectivity index (χ1v) is 13.1. The van der Waals surface area contributed by atoms with Crippen LogP contribution >= 0.6 is 0 Å². The number of benzene rings is 1. The van der Waals surface area contributed by atoms with Crippen molar-refractivity contribution in [3.05, 3.63) is 53.6 Å². The summed E-state index contributed by atoms with van der Waals surface area (Å²) in [4.78, 5) is 55.4. The van der Waals surface area contributed by atoms with Gasteiger partial charge in [0, 0.05) is 30.8 Å². The Morgan fingerprint density at radius 3 is 2.50 bits per heavy atom. The van der Waals surface area contributed by atoms with Gasteiger partial charge in [0.1, 0.15) is 6.04 Å². The molecule has 0 fully saturated rings. The van der Waals surface area contributed by atoms with Crippen LogP contribution in [0.25, 0.3) is 11.2 Å². The highest BCUT2D eigenvalue weighted by Crippen LogP contribution is 2.19. The number of nitrogens with two attached hydrogens (primary N) is 2. The first kappa shape index (κ1) is 29.6. The van der Waals surface area contributed by atoms with Crippen LogP contribution < -0.4 is 27.0 Å². The number of hydrogen-bond donors (Lipinski definition) is 5. The molecule has 1 atom stereocenters. The molecule has 7 N–H and O–H groups in total. The fourth-order valence-electron chi connectivity index (χ4n) is 4.14. The Balaban J connectivity index is 1.31. The third-order valence-corrected chi connectivity index (χ3v) is 6.34. The zero-order valence-corrected chi connectivity index (χ0v) is 23.4. The van der Waals surface area contributed by atoms with Gasteiger partial charge in [-0.05, 0) is 44.5 Å². The van der Waals surface area contributed by atoms with E-state index in [2.05, 4.69) is 40.9 Å². The summed E-state index contributed by atoms with van der Waals surface area (Å²) >= 11 is 0. The van der Waals surface area contributed by atoms with Crippen LogP contribution in [0.3, 0.4) is 0 Å². The number of carbonyl (C=O) groups excluding carboxylic acids is 2. The van der Waals surface area contributed by atoms with Gasteiger partial charge in [0.15, 0.2) is 17.0 Å². The summed E-state index contributed by atoms with van der Waals surface area (Å²) in [5.41, 5.74) is 14.5. The molecule has 0 saturated heterocycles. The molecule has 0 aliphatic heterocycles. The molecule has 0 spiro atoms. The Hall–Kier alpha value is -5.41. The first-order chi connectivity index (χ1) is 20.0. The van der Waals surface area contributed by atoms with Gasteiger partial charge in [0.25, 0.3) is 5.91 Å². The number of amides is 2. The number of carboxylic acids is 1. The maximum Gasteiger partial charge on any atom is 0.326 e. The zero-order valence-electron chi connectivity index (χ0n) is 23.4. The van der Waals surface area contributed by atoms with Crippen molar-refractivity contribution in [2.45, 2.75) is 51.9 Å². The summed E-state index contributed by atoms with van der Waals surface area (Å²) in [5.74, 6) is -2.01. The number of anilines is 3. The van der Waals surface area contributed by atoms with Gasteiger partial charge < -0.3 is 32.1 Å². The van der Waals surface area contributed by atoms with Gasteiger partial charge in [-0.2, -0.15) is 9.97 Å². The van der Waals surface area contributed by atoms with E-state index in [1.54, 1.807) is 41.3 Å². The predicted octanol–water partition coefficient (Wildman–Crippen LogP) is 0.673. The molecule has 16 heteroatoms. The minimum atomic E-state index is -1.24. The van der Waals surface area contributed by atoms with E-state index in [0.29, 0.717) is 23.4 Å². The van der Waals surface area contributed by atoms with Crippen molar-refractivity contribution in [2.24, 2.45) is 0 Å². The number of aromatic nitrogens is 7. The van der Waals surface area contributed by atoms with Crippen LogP contribution in [0.5, 0.6) is 0 Å². The van der Waals surface area contributed by atoms with Crippen molar-refractivity contribution >= 4 is 46.4 Å². The van der Waals surface area contributed by atoms with Crippen LogP contribution in [0.15, 0.2) is 36.7 Å². The maximum atomic E-state index is 12.8. The highest BCUT2D eigenvalue weighted by atomic mass is 16.4. The monoisotopic (exact) mass is 576 g/mol. The van der Waals surface area contributed by atoms with Crippen molar-refractivity contribution in [2.75, 3.05) is 23.4 Å². The molecular weight excluding hydrogens is 544 g/mol. The largest absolute Gasteiger partial charge is 0.480 e. The van der Waals surface area contributed by atoms with Crippen LogP contribution in [-0.2, 0) is 22.7 Å². The van der Waals surface area contributed by atoms with E-state index in [1.807, 2.05) is 25.8 Å². The molecule has 220 valence electrons. The zero-order chi connectivity index (χ0) is 30.4. The number of aliphatic carboxylic acids is 1. The van der Waals surface area contributed by atoms with Gasteiger partial charge in [-0.15, -0.1) is 5.10 Å². The van der Waals surface area contributed by atoms with E-state index in [-0.39, 0.29) is 48.7 Å². The van der Waals surface area contributed by atoms with Crippen LogP contribution in [0.1, 0.15) is 54.5 Å². The van der Waals surface area contributed by atoms with E-state index in [9.17, 15) is 19.5 Å². The molecule has 4 rings (SSSR count). The summed E-state index contributed by atoms with van der Waals surface area (Å²) in [7, 11) is 1.84. The van der Waals surface area contributed by atoms with Gasteiger partial charge in [0.05, 0.1) is 36.9 Å². The van der Waals surface area contributed by atoms with Crippen molar-refractivity contribution < 1.29 is 19.5 Å². The van der Waals surface area contributed by atoms with Gasteiger partial charge in [-0.3, -0.25) is 9.59 Å². The average Bonchev–Trinajstić information content (AvgIpc) is 3.43. The fourth-order valence-corrected chi connectivity index (χ4v) is 4.14. The van der Waals surface area contributed by atoms with Gasteiger partial charge in [0.2, 0.25) is 11.9 Å². The minimum absolute atomic E-state index is 0.0169. The third kappa shape index (κ3) is 7.21. The predicted molar refractivity (Wildman–Crippen MR) is 153 cm³/mol. The molecule has 4 aromatic rings. The van der Waals surface area contributed by atoms with E-state index < -0.39 is 17.9 Å². The average molecular weight is 577 g/mol. The smallest absolute Gasteiger partial charge is 0.326 e.